The van der Waals surface area contributed by atoms with Crippen LogP contribution in [0.4, 0.5) is 5.69 Å². The molecule has 0 aliphatic carbocycles. The largest absolute Gasteiger partial charge is 0.490 e. The summed E-state index contributed by atoms with van der Waals surface area (Å²) in [5.74, 6) is 0.589. The van der Waals surface area contributed by atoms with Gasteiger partial charge < -0.3 is 14.8 Å². The lowest BCUT2D eigenvalue weighted by Crippen LogP contribution is -2.30. The quantitative estimate of drug-likeness (QED) is 0.807. The van der Waals surface area contributed by atoms with Crippen LogP contribution in [-0.4, -0.2) is 18.6 Å². The molecule has 1 atom stereocenters. The average molecular weight is 389 g/mol. The predicted molar refractivity (Wildman–Crippen MR) is 95.2 cm³/mol. The zero-order valence-electron chi connectivity index (χ0n) is 13.4. The van der Waals surface area contributed by atoms with Crippen LogP contribution in [0.5, 0.6) is 11.5 Å². The van der Waals surface area contributed by atoms with E-state index in [1.165, 1.54) is 0 Å². The molecule has 0 aliphatic rings. The first-order valence-corrected chi connectivity index (χ1v) is 8.22. The van der Waals surface area contributed by atoms with Crippen LogP contribution in [0.15, 0.2) is 46.9 Å². The summed E-state index contributed by atoms with van der Waals surface area (Å²) in [4.78, 5) is 12.3. The first kappa shape index (κ1) is 17.8. The molecule has 0 spiro atoms. The lowest BCUT2D eigenvalue weighted by molar-refractivity contribution is -0.122. The van der Waals surface area contributed by atoms with Gasteiger partial charge in [0.15, 0.2) is 17.6 Å². The van der Waals surface area contributed by atoms with Crippen LogP contribution >= 0.6 is 15.9 Å². The van der Waals surface area contributed by atoms with Crippen LogP contribution in [-0.2, 0) is 4.79 Å². The van der Waals surface area contributed by atoms with E-state index >= 15 is 0 Å². The molecule has 2 aromatic carbocycles. The van der Waals surface area contributed by atoms with Crippen molar-refractivity contribution in [1.82, 2.24) is 0 Å². The van der Waals surface area contributed by atoms with E-state index in [0.717, 1.165) is 4.47 Å². The number of carbonyl (C=O) groups excluding carboxylic acids is 1. The zero-order chi connectivity index (χ0) is 17.5. The van der Waals surface area contributed by atoms with Crippen molar-refractivity contribution in [3.05, 3.63) is 52.5 Å². The summed E-state index contributed by atoms with van der Waals surface area (Å²) in [6.45, 7) is 3.93. The number of nitriles is 1. The highest BCUT2D eigenvalue weighted by Crippen LogP contribution is 2.29. The molecule has 0 fully saturated rings. The number of amides is 1. The Hall–Kier alpha value is -2.52. The summed E-state index contributed by atoms with van der Waals surface area (Å²) in [6.07, 6.45) is -0.726. The smallest absolute Gasteiger partial charge is 0.265 e. The molecular weight excluding hydrogens is 372 g/mol. The molecule has 0 heterocycles. The van der Waals surface area contributed by atoms with Gasteiger partial charge in [-0.15, -0.1) is 0 Å². The number of nitrogens with zero attached hydrogens (tertiary/aromatic N) is 1. The third kappa shape index (κ3) is 4.74. The molecule has 6 heteroatoms. The number of hydrogen-bond donors (Lipinski definition) is 1. The Labute approximate surface area is 149 Å². The Bertz CT molecular complexity index is 771. The fraction of sp³-hybridized carbons (Fsp3) is 0.222. The van der Waals surface area contributed by atoms with Crippen molar-refractivity contribution in [2.24, 2.45) is 0 Å². The molecule has 2 aromatic rings. The summed E-state index contributed by atoms with van der Waals surface area (Å²) in [7, 11) is 0. The van der Waals surface area contributed by atoms with Crippen LogP contribution < -0.4 is 14.8 Å². The van der Waals surface area contributed by atoms with Gasteiger partial charge in [-0.2, -0.15) is 5.26 Å². The second-order valence-corrected chi connectivity index (χ2v) is 5.88. The van der Waals surface area contributed by atoms with Gasteiger partial charge in [0.1, 0.15) is 0 Å². The van der Waals surface area contributed by atoms with Gasteiger partial charge in [0.2, 0.25) is 0 Å². The van der Waals surface area contributed by atoms with E-state index in [-0.39, 0.29) is 5.91 Å². The van der Waals surface area contributed by atoms with E-state index in [2.05, 4.69) is 21.2 Å². The average Bonchev–Trinajstić information content (AvgIpc) is 2.56. The van der Waals surface area contributed by atoms with Gasteiger partial charge in [-0.05, 0) is 44.2 Å². The third-order valence-corrected chi connectivity index (χ3v) is 3.63. The number of ether oxygens (including phenoxy) is 2. The first-order valence-electron chi connectivity index (χ1n) is 7.43. The Balaban J connectivity index is 2.09. The molecule has 0 radical (unpaired) electrons. The SMILES string of the molecule is CCOc1cc(C#N)ccc1O[C@@H](C)C(=O)Nc1cccc(Br)c1. The maximum atomic E-state index is 12.3. The molecule has 0 saturated heterocycles. The maximum Gasteiger partial charge on any atom is 0.265 e. The van der Waals surface area contributed by atoms with Crippen molar-refractivity contribution in [3.63, 3.8) is 0 Å². The fourth-order valence-electron chi connectivity index (χ4n) is 2.00. The van der Waals surface area contributed by atoms with Crippen molar-refractivity contribution < 1.29 is 14.3 Å². The highest BCUT2D eigenvalue weighted by atomic mass is 79.9. The summed E-state index contributed by atoms with van der Waals surface area (Å²) >= 11 is 3.36. The zero-order valence-corrected chi connectivity index (χ0v) is 15.0. The number of nitrogens with one attached hydrogen (secondary N) is 1. The maximum absolute atomic E-state index is 12.3. The third-order valence-electron chi connectivity index (χ3n) is 3.14. The van der Waals surface area contributed by atoms with Gasteiger partial charge in [0.05, 0.1) is 18.2 Å². The number of benzene rings is 2. The van der Waals surface area contributed by atoms with Crippen LogP contribution in [0.25, 0.3) is 0 Å². The standard InChI is InChI=1S/C18H17BrN2O3/c1-3-23-17-9-13(11-20)7-8-16(17)24-12(2)18(22)21-15-6-4-5-14(19)10-15/h4-10,12H,3H2,1-2H3,(H,21,22)/t12-/m0/s1. The lowest BCUT2D eigenvalue weighted by Gasteiger charge is -2.17. The minimum atomic E-state index is -0.726. The van der Waals surface area contributed by atoms with E-state index in [1.807, 2.05) is 25.1 Å². The molecule has 24 heavy (non-hydrogen) atoms. The number of halogens is 1. The van der Waals surface area contributed by atoms with Crippen LogP contribution in [0, 0.1) is 11.3 Å². The van der Waals surface area contributed by atoms with Crippen molar-refractivity contribution in [3.8, 4) is 17.6 Å². The minimum absolute atomic E-state index is 0.278. The normalized spacial score (nSPS) is 11.2. The number of carbonyl (C=O) groups is 1. The molecule has 0 unspecified atom stereocenters. The van der Waals surface area contributed by atoms with Crippen LogP contribution in [0.1, 0.15) is 19.4 Å². The van der Waals surface area contributed by atoms with Gasteiger partial charge in [0, 0.05) is 16.2 Å². The second-order valence-electron chi connectivity index (χ2n) is 4.97. The van der Waals surface area contributed by atoms with E-state index in [1.54, 1.807) is 37.3 Å². The molecular formula is C18H17BrN2O3. The predicted octanol–water partition coefficient (Wildman–Crippen LogP) is 4.13. The van der Waals surface area contributed by atoms with Crippen molar-refractivity contribution in [2.45, 2.75) is 20.0 Å². The fourth-order valence-corrected chi connectivity index (χ4v) is 2.40. The molecule has 0 bridgehead atoms. The summed E-state index contributed by atoms with van der Waals surface area (Å²) < 4.78 is 12.1. The topological polar surface area (TPSA) is 71.3 Å². The summed E-state index contributed by atoms with van der Waals surface area (Å²) in [6, 6.07) is 14.2. The minimum Gasteiger partial charge on any atom is -0.490 e. The van der Waals surface area contributed by atoms with Crippen molar-refractivity contribution >= 4 is 27.5 Å². The highest BCUT2D eigenvalue weighted by Gasteiger charge is 2.17. The van der Waals surface area contributed by atoms with Crippen LogP contribution in [0.3, 0.4) is 0 Å². The Morgan fingerprint density at radius 3 is 2.75 bits per heavy atom. The molecule has 0 saturated carbocycles. The van der Waals surface area contributed by atoms with E-state index in [0.29, 0.717) is 29.4 Å². The van der Waals surface area contributed by atoms with E-state index < -0.39 is 6.10 Å². The molecule has 2 rings (SSSR count). The van der Waals surface area contributed by atoms with E-state index in [4.69, 9.17) is 14.7 Å². The summed E-state index contributed by atoms with van der Waals surface area (Å²) in [5.41, 5.74) is 1.15. The number of rotatable bonds is 6. The molecule has 5 nitrogen and oxygen atoms in total. The number of hydrogen-bond acceptors (Lipinski definition) is 4. The Morgan fingerprint density at radius 1 is 1.29 bits per heavy atom. The number of anilines is 1. The summed E-state index contributed by atoms with van der Waals surface area (Å²) in [5, 5.41) is 11.8. The monoisotopic (exact) mass is 388 g/mol. The first-order chi connectivity index (χ1) is 11.5. The van der Waals surface area contributed by atoms with Gasteiger partial charge >= 0.3 is 0 Å². The lowest BCUT2D eigenvalue weighted by atomic mass is 10.2. The van der Waals surface area contributed by atoms with Gasteiger partial charge in [-0.25, -0.2) is 0 Å². The van der Waals surface area contributed by atoms with Gasteiger partial charge in [0.25, 0.3) is 5.91 Å². The van der Waals surface area contributed by atoms with Gasteiger partial charge in [-0.3, -0.25) is 4.79 Å². The highest BCUT2D eigenvalue weighted by molar-refractivity contribution is 9.10. The second kappa shape index (κ2) is 8.37. The molecule has 0 aliphatic heterocycles. The molecule has 124 valence electrons. The van der Waals surface area contributed by atoms with Gasteiger partial charge in [-0.1, -0.05) is 22.0 Å². The molecule has 0 aromatic heterocycles. The molecule has 1 amide bonds. The van der Waals surface area contributed by atoms with Crippen LogP contribution in [0.2, 0.25) is 0 Å². The Kier molecular flexibility index (Phi) is 6.21. The van der Waals surface area contributed by atoms with Crippen molar-refractivity contribution in [1.29, 1.82) is 5.26 Å². The molecule has 1 N–H and O–H groups in total. The van der Waals surface area contributed by atoms with Crippen molar-refractivity contribution in [2.75, 3.05) is 11.9 Å². The van der Waals surface area contributed by atoms with E-state index in [9.17, 15) is 4.79 Å². The Morgan fingerprint density at radius 2 is 2.08 bits per heavy atom.